The number of carbonyl (C=O) groups excluding carboxylic acids is 4. The number of halogens is 1. The molecule has 44 heavy (non-hydrogen) atoms. The van der Waals surface area contributed by atoms with Crippen molar-refractivity contribution in [2.24, 2.45) is 45.8 Å². The number of aliphatic hydroxyl groups is 2. The van der Waals surface area contributed by atoms with Crippen molar-refractivity contribution in [3.8, 4) is 0 Å². The summed E-state index contributed by atoms with van der Waals surface area (Å²) >= 11 is 6.23. The second kappa shape index (κ2) is 8.81. The van der Waals surface area contributed by atoms with E-state index in [0.717, 1.165) is 0 Å². The molecule has 3 aliphatic heterocycles. The molecule has 9 atom stereocenters. The standard InChI is InChI=1S/C34H38ClNO8/c1-17-19-8-9-22-31-16-43-34(42,26(38)25(31)30(2,3)13-10-23(31)37)32(22)24(19)33(17,29(32)41)44-28(40)18-11-14-36(15-12-18)27(39)20-6-4-5-7-21(20)35/h4-7,18-19,22,24-26,38,42H,1,8-16H2,2-3H3/t19-,22-,24+,25+,26-,31+,32+,33?,34+/m0/s1. The van der Waals surface area contributed by atoms with Gasteiger partial charge in [0, 0.05) is 31.3 Å². The number of rotatable bonds is 3. The van der Waals surface area contributed by atoms with Crippen molar-refractivity contribution in [1.29, 1.82) is 0 Å². The Balaban J connectivity index is 1.07. The zero-order valence-corrected chi connectivity index (χ0v) is 25.8. The van der Waals surface area contributed by atoms with E-state index in [0.29, 0.717) is 67.8 Å². The van der Waals surface area contributed by atoms with Gasteiger partial charge in [0.1, 0.15) is 17.3 Å². The molecule has 2 bridgehead atoms. The molecule has 1 aromatic carbocycles. The molecule has 10 heteroatoms. The maximum Gasteiger partial charge on any atom is 0.310 e. The largest absolute Gasteiger partial charge is 0.446 e. The number of hydrogen-bond acceptors (Lipinski definition) is 8. The molecule has 2 spiro atoms. The zero-order valence-electron chi connectivity index (χ0n) is 25.0. The molecule has 3 heterocycles. The van der Waals surface area contributed by atoms with E-state index in [2.05, 4.69) is 6.58 Å². The molecule has 9 rings (SSSR count). The summed E-state index contributed by atoms with van der Waals surface area (Å²) < 4.78 is 12.2. The number of ketones is 2. The van der Waals surface area contributed by atoms with E-state index in [9.17, 15) is 29.4 Å². The molecule has 2 N–H and O–H groups in total. The minimum Gasteiger partial charge on any atom is -0.446 e. The van der Waals surface area contributed by atoms with Crippen LogP contribution in [0.1, 0.15) is 62.7 Å². The van der Waals surface area contributed by atoms with E-state index in [4.69, 9.17) is 21.1 Å². The molecule has 8 fully saturated rings. The highest BCUT2D eigenvalue weighted by Gasteiger charge is 2.97. The van der Waals surface area contributed by atoms with Crippen molar-refractivity contribution in [1.82, 2.24) is 4.90 Å². The Morgan fingerprint density at radius 2 is 1.80 bits per heavy atom. The molecule has 8 aliphatic rings. The number of fused-ring (bicyclic) bond motifs is 1. The zero-order chi connectivity index (χ0) is 31.2. The van der Waals surface area contributed by atoms with E-state index < -0.39 is 69.2 Å². The molecule has 1 unspecified atom stereocenters. The molecule has 5 saturated carbocycles. The maximum absolute atomic E-state index is 14.7. The summed E-state index contributed by atoms with van der Waals surface area (Å²) in [6.45, 7) is 8.89. The Hall–Kier alpha value is -2.59. The number of hydrogen-bond donors (Lipinski definition) is 2. The molecule has 0 aromatic heterocycles. The average molecular weight is 624 g/mol. The van der Waals surface area contributed by atoms with E-state index >= 15 is 0 Å². The van der Waals surface area contributed by atoms with Crippen molar-refractivity contribution in [2.45, 2.75) is 69.9 Å². The lowest BCUT2D eigenvalue weighted by Crippen LogP contribution is -2.97. The predicted octanol–water partition coefficient (Wildman–Crippen LogP) is 3.34. The summed E-state index contributed by atoms with van der Waals surface area (Å²) in [4.78, 5) is 56.9. The normalized spacial score (nSPS) is 45.0. The summed E-state index contributed by atoms with van der Waals surface area (Å²) in [5.74, 6) is -5.79. The fourth-order valence-corrected chi connectivity index (χ4v) is 11.5. The van der Waals surface area contributed by atoms with Gasteiger partial charge >= 0.3 is 5.97 Å². The van der Waals surface area contributed by atoms with Crippen molar-refractivity contribution >= 4 is 35.0 Å². The Kier molecular flexibility index (Phi) is 5.78. The number of piperidine rings is 1. The Bertz CT molecular complexity index is 1550. The predicted molar refractivity (Wildman–Crippen MR) is 156 cm³/mol. The first-order valence-corrected chi connectivity index (χ1v) is 16.3. The van der Waals surface area contributed by atoms with E-state index in [1.54, 1.807) is 29.2 Å². The summed E-state index contributed by atoms with van der Waals surface area (Å²) in [5, 5.41) is 24.5. The third-order valence-electron chi connectivity index (χ3n) is 13.1. The summed E-state index contributed by atoms with van der Waals surface area (Å²) in [6, 6.07) is 6.85. The molecule has 3 saturated heterocycles. The van der Waals surface area contributed by atoms with Crippen LogP contribution in [-0.2, 0) is 23.9 Å². The van der Waals surface area contributed by atoms with E-state index in [-0.39, 0.29) is 24.2 Å². The van der Waals surface area contributed by atoms with Crippen LogP contribution >= 0.6 is 11.6 Å². The molecular weight excluding hydrogens is 586 g/mol. The lowest BCUT2D eigenvalue weighted by molar-refractivity contribution is -0.465. The molecule has 1 aromatic rings. The second-order valence-electron chi connectivity index (χ2n) is 15.0. The number of esters is 1. The number of carbonyl (C=O) groups is 4. The highest BCUT2D eigenvalue weighted by Crippen LogP contribution is 2.85. The van der Waals surface area contributed by atoms with Gasteiger partial charge in [0.15, 0.2) is 11.4 Å². The lowest BCUT2D eigenvalue weighted by Gasteiger charge is -2.84. The third-order valence-corrected chi connectivity index (χ3v) is 13.5. The first-order valence-electron chi connectivity index (χ1n) is 15.9. The van der Waals surface area contributed by atoms with Gasteiger partial charge in [0.05, 0.1) is 28.5 Å². The van der Waals surface area contributed by atoms with Gasteiger partial charge in [-0.25, -0.2) is 0 Å². The van der Waals surface area contributed by atoms with Crippen LogP contribution in [0.25, 0.3) is 0 Å². The number of aliphatic hydroxyl groups excluding tert-OH is 1. The molecule has 234 valence electrons. The minimum absolute atomic E-state index is 0.0102. The average Bonchev–Trinajstić information content (AvgIpc) is 3.01. The highest BCUT2D eigenvalue weighted by atomic mass is 35.5. The smallest absolute Gasteiger partial charge is 0.310 e. The van der Waals surface area contributed by atoms with Crippen molar-refractivity contribution < 1.29 is 38.9 Å². The van der Waals surface area contributed by atoms with Crippen LogP contribution in [0.15, 0.2) is 36.4 Å². The first-order chi connectivity index (χ1) is 20.8. The molecule has 9 nitrogen and oxygen atoms in total. The van der Waals surface area contributed by atoms with Crippen LogP contribution in [0.5, 0.6) is 0 Å². The number of nitrogens with zero attached hydrogens (tertiary/aromatic N) is 1. The van der Waals surface area contributed by atoms with Crippen LogP contribution in [0.2, 0.25) is 5.02 Å². The number of amides is 1. The fourth-order valence-electron chi connectivity index (χ4n) is 11.3. The minimum atomic E-state index is -2.18. The van der Waals surface area contributed by atoms with Crippen LogP contribution in [0.3, 0.4) is 0 Å². The van der Waals surface area contributed by atoms with Crippen LogP contribution in [0, 0.1) is 45.8 Å². The number of likely N-dealkylation sites (tertiary alicyclic amines) is 1. The van der Waals surface area contributed by atoms with Gasteiger partial charge in [-0.1, -0.05) is 44.2 Å². The lowest BCUT2D eigenvalue weighted by atomic mass is 9.21. The van der Waals surface area contributed by atoms with Crippen LogP contribution in [0.4, 0.5) is 0 Å². The van der Waals surface area contributed by atoms with E-state index in [1.807, 2.05) is 13.8 Å². The second-order valence-corrected chi connectivity index (χ2v) is 15.4. The van der Waals surface area contributed by atoms with Gasteiger partial charge in [-0.15, -0.1) is 0 Å². The monoisotopic (exact) mass is 623 g/mol. The summed E-state index contributed by atoms with van der Waals surface area (Å²) in [5.41, 5.74) is -3.72. The van der Waals surface area contributed by atoms with Gasteiger partial charge in [0.2, 0.25) is 5.79 Å². The van der Waals surface area contributed by atoms with E-state index in [1.165, 1.54) is 0 Å². The van der Waals surface area contributed by atoms with Crippen molar-refractivity contribution in [3.63, 3.8) is 0 Å². The highest BCUT2D eigenvalue weighted by molar-refractivity contribution is 6.33. The summed E-state index contributed by atoms with van der Waals surface area (Å²) in [7, 11) is 0. The number of benzene rings is 1. The third kappa shape index (κ3) is 2.95. The maximum atomic E-state index is 14.7. The van der Waals surface area contributed by atoms with Crippen molar-refractivity contribution in [3.05, 3.63) is 47.0 Å². The molecule has 0 radical (unpaired) electrons. The Morgan fingerprint density at radius 3 is 2.50 bits per heavy atom. The Labute approximate surface area is 260 Å². The van der Waals surface area contributed by atoms with Gasteiger partial charge in [-0.2, -0.15) is 0 Å². The van der Waals surface area contributed by atoms with Crippen LogP contribution in [-0.4, -0.2) is 75.7 Å². The van der Waals surface area contributed by atoms with Gasteiger partial charge in [0.25, 0.3) is 5.91 Å². The SMILES string of the molecule is C=C1[C@@H]2CC[C@H]3[C@@]45CO[C@](O)([C@@H](O)[C@@H]4C(C)(C)CCC5=O)[C@]34C(=O)C1(OC(=O)C1CCN(C(=O)c3ccccc3Cl)CC1)[C@H]24. The summed E-state index contributed by atoms with van der Waals surface area (Å²) in [6.07, 6.45) is 1.42. The van der Waals surface area contributed by atoms with Gasteiger partial charge < -0.3 is 24.6 Å². The van der Waals surface area contributed by atoms with Crippen molar-refractivity contribution in [2.75, 3.05) is 19.7 Å². The number of Topliss-reactive ketones (excluding diaryl/α,β-unsaturated/α-hetero) is 2. The van der Waals surface area contributed by atoms with Gasteiger partial charge in [-0.3, -0.25) is 19.2 Å². The van der Waals surface area contributed by atoms with Crippen LogP contribution < -0.4 is 0 Å². The van der Waals surface area contributed by atoms with Gasteiger partial charge in [-0.05, 0) is 67.1 Å². The molecular formula is C34H38ClNO8. The topological polar surface area (TPSA) is 130 Å². The molecule has 1 amide bonds. The Morgan fingerprint density at radius 1 is 1.09 bits per heavy atom. The number of ether oxygens (including phenoxy) is 2. The first kappa shape index (κ1) is 28.9. The fraction of sp³-hybridized carbons (Fsp3) is 0.647. The molecule has 5 aliphatic carbocycles. The quantitative estimate of drug-likeness (QED) is 0.387.